The summed E-state index contributed by atoms with van der Waals surface area (Å²) < 4.78 is 10.7. The first-order valence-electron chi connectivity index (χ1n) is 7.64. The van der Waals surface area contributed by atoms with Gasteiger partial charge in [-0.15, -0.1) is 0 Å². The summed E-state index contributed by atoms with van der Waals surface area (Å²) in [7, 11) is 0. The molecule has 0 aromatic heterocycles. The summed E-state index contributed by atoms with van der Waals surface area (Å²) in [6, 6.07) is 16.1. The molecule has 1 unspecified atom stereocenters. The zero-order chi connectivity index (χ0) is 15.9. The molecule has 0 bridgehead atoms. The van der Waals surface area contributed by atoms with E-state index in [1.807, 2.05) is 31.2 Å². The third-order valence-corrected chi connectivity index (χ3v) is 3.44. The molecular formula is C19H22O3. The van der Waals surface area contributed by atoms with Gasteiger partial charge in [-0.25, -0.2) is 4.79 Å². The van der Waals surface area contributed by atoms with E-state index in [2.05, 4.69) is 31.2 Å². The summed E-state index contributed by atoms with van der Waals surface area (Å²) in [5.74, 6) is 0.364. The number of esters is 1. The lowest BCUT2D eigenvalue weighted by atomic mass is 10.0. The summed E-state index contributed by atoms with van der Waals surface area (Å²) in [6.45, 7) is 6.13. The predicted molar refractivity (Wildman–Crippen MR) is 88.0 cm³/mol. The molecule has 2 aromatic carbocycles. The van der Waals surface area contributed by atoms with E-state index in [1.54, 1.807) is 6.92 Å². The van der Waals surface area contributed by atoms with E-state index in [0.717, 1.165) is 11.1 Å². The van der Waals surface area contributed by atoms with E-state index in [4.69, 9.17) is 9.47 Å². The highest BCUT2D eigenvalue weighted by Crippen LogP contribution is 2.23. The maximum Gasteiger partial charge on any atom is 0.347 e. The molecule has 0 amide bonds. The third kappa shape index (κ3) is 4.10. The Morgan fingerprint density at radius 2 is 1.50 bits per heavy atom. The molecule has 0 spiro atoms. The minimum Gasteiger partial charge on any atom is -0.479 e. The molecule has 0 aliphatic carbocycles. The number of benzene rings is 2. The Morgan fingerprint density at radius 3 is 2.00 bits per heavy atom. The predicted octanol–water partition coefficient (Wildman–Crippen LogP) is 4.38. The quantitative estimate of drug-likeness (QED) is 0.742. The van der Waals surface area contributed by atoms with Crippen LogP contribution in [0, 0.1) is 6.92 Å². The summed E-state index contributed by atoms with van der Waals surface area (Å²) in [5.41, 5.74) is 3.52. The van der Waals surface area contributed by atoms with E-state index in [-0.39, 0.29) is 5.97 Å². The zero-order valence-electron chi connectivity index (χ0n) is 13.3. The summed E-state index contributed by atoms with van der Waals surface area (Å²) in [5, 5.41) is 0. The van der Waals surface area contributed by atoms with Gasteiger partial charge in [-0.05, 0) is 43.5 Å². The Kier molecular flexibility index (Phi) is 5.59. The average molecular weight is 298 g/mol. The van der Waals surface area contributed by atoms with Crippen LogP contribution in [-0.2, 0) is 9.53 Å². The minimum absolute atomic E-state index is 0.312. The molecule has 0 radical (unpaired) electrons. The summed E-state index contributed by atoms with van der Waals surface area (Å²) in [6.07, 6.45) is 0.0311. The fourth-order valence-electron chi connectivity index (χ4n) is 2.17. The normalized spacial score (nSPS) is 11.8. The van der Waals surface area contributed by atoms with Crippen molar-refractivity contribution in [3.05, 3.63) is 54.1 Å². The highest BCUT2D eigenvalue weighted by molar-refractivity contribution is 5.75. The van der Waals surface area contributed by atoms with E-state index >= 15 is 0 Å². The first kappa shape index (κ1) is 16.1. The first-order valence-corrected chi connectivity index (χ1v) is 7.64. The molecular weight excluding hydrogens is 276 g/mol. The minimum atomic E-state index is -0.551. The van der Waals surface area contributed by atoms with Gasteiger partial charge in [0.15, 0.2) is 6.10 Å². The molecule has 116 valence electrons. The number of ether oxygens (including phenoxy) is 2. The van der Waals surface area contributed by atoms with Gasteiger partial charge in [-0.1, -0.05) is 48.9 Å². The first-order chi connectivity index (χ1) is 10.6. The SMILES string of the molecule is CCOC(=O)C(CC)Oc1ccc(-c2ccc(C)cc2)cc1. The molecule has 2 aromatic rings. The molecule has 0 aliphatic rings. The van der Waals surface area contributed by atoms with Gasteiger partial charge in [-0.3, -0.25) is 0 Å². The number of rotatable bonds is 6. The number of hydrogen-bond donors (Lipinski definition) is 0. The second-order valence-electron chi connectivity index (χ2n) is 5.16. The average Bonchev–Trinajstić information content (AvgIpc) is 2.54. The van der Waals surface area contributed by atoms with Gasteiger partial charge in [0.1, 0.15) is 5.75 Å². The van der Waals surface area contributed by atoms with Gasteiger partial charge in [0.2, 0.25) is 0 Å². The molecule has 3 heteroatoms. The van der Waals surface area contributed by atoms with Gasteiger partial charge >= 0.3 is 5.97 Å². The van der Waals surface area contributed by atoms with Gasteiger partial charge in [-0.2, -0.15) is 0 Å². The lowest BCUT2D eigenvalue weighted by molar-refractivity contribution is -0.151. The molecule has 3 nitrogen and oxygen atoms in total. The number of carbonyl (C=O) groups is 1. The standard InChI is InChI=1S/C19H22O3/c1-4-18(19(20)21-5-2)22-17-12-10-16(11-13-17)15-8-6-14(3)7-9-15/h6-13,18H,4-5H2,1-3H3. The Morgan fingerprint density at radius 1 is 0.955 bits per heavy atom. The van der Waals surface area contributed by atoms with Gasteiger partial charge in [0.25, 0.3) is 0 Å². The molecule has 0 saturated heterocycles. The fourth-order valence-corrected chi connectivity index (χ4v) is 2.17. The molecule has 22 heavy (non-hydrogen) atoms. The Balaban J connectivity index is 2.08. The van der Waals surface area contributed by atoms with Crippen LogP contribution in [0.3, 0.4) is 0 Å². The van der Waals surface area contributed by atoms with Crippen molar-refractivity contribution >= 4 is 5.97 Å². The molecule has 0 saturated carbocycles. The van der Waals surface area contributed by atoms with Crippen LogP contribution in [0.15, 0.2) is 48.5 Å². The van der Waals surface area contributed by atoms with Crippen molar-refractivity contribution in [2.75, 3.05) is 6.61 Å². The van der Waals surface area contributed by atoms with Crippen LogP contribution in [0.25, 0.3) is 11.1 Å². The van der Waals surface area contributed by atoms with Crippen LogP contribution in [0.4, 0.5) is 0 Å². The highest BCUT2D eigenvalue weighted by Gasteiger charge is 2.19. The van der Waals surface area contributed by atoms with Crippen LogP contribution in [0.5, 0.6) is 5.75 Å². The second-order valence-corrected chi connectivity index (χ2v) is 5.16. The van der Waals surface area contributed by atoms with Gasteiger partial charge in [0.05, 0.1) is 6.61 Å². The maximum absolute atomic E-state index is 11.8. The smallest absolute Gasteiger partial charge is 0.347 e. The molecule has 0 aliphatic heterocycles. The fraction of sp³-hybridized carbons (Fsp3) is 0.316. The summed E-state index contributed by atoms with van der Waals surface area (Å²) in [4.78, 5) is 11.8. The van der Waals surface area contributed by atoms with Gasteiger partial charge in [0, 0.05) is 0 Å². The zero-order valence-corrected chi connectivity index (χ0v) is 13.3. The molecule has 2 rings (SSSR count). The molecule has 0 heterocycles. The largest absolute Gasteiger partial charge is 0.479 e. The summed E-state index contributed by atoms with van der Waals surface area (Å²) >= 11 is 0. The number of carbonyl (C=O) groups excluding carboxylic acids is 1. The lowest BCUT2D eigenvalue weighted by Crippen LogP contribution is -2.28. The van der Waals surface area contributed by atoms with Crippen molar-refractivity contribution < 1.29 is 14.3 Å². The highest BCUT2D eigenvalue weighted by atomic mass is 16.6. The molecule has 1 atom stereocenters. The topological polar surface area (TPSA) is 35.5 Å². The van der Waals surface area contributed by atoms with Crippen LogP contribution >= 0.6 is 0 Å². The third-order valence-electron chi connectivity index (χ3n) is 3.44. The molecule has 0 fully saturated rings. The van der Waals surface area contributed by atoms with E-state index in [1.165, 1.54) is 5.56 Å². The van der Waals surface area contributed by atoms with Crippen molar-refractivity contribution in [1.29, 1.82) is 0 Å². The Bertz CT molecular complexity index is 600. The van der Waals surface area contributed by atoms with Gasteiger partial charge < -0.3 is 9.47 Å². The Labute approximate surface area is 131 Å². The van der Waals surface area contributed by atoms with Crippen molar-refractivity contribution in [3.8, 4) is 16.9 Å². The van der Waals surface area contributed by atoms with Crippen molar-refractivity contribution in [1.82, 2.24) is 0 Å². The van der Waals surface area contributed by atoms with Crippen molar-refractivity contribution in [2.24, 2.45) is 0 Å². The Hall–Kier alpha value is -2.29. The monoisotopic (exact) mass is 298 g/mol. The van der Waals surface area contributed by atoms with Crippen molar-refractivity contribution in [2.45, 2.75) is 33.3 Å². The van der Waals surface area contributed by atoms with E-state index in [0.29, 0.717) is 18.8 Å². The van der Waals surface area contributed by atoms with Crippen LogP contribution < -0.4 is 4.74 Å². The second kappa shape index (κ2) is 7.64. The lowest BCUT2D eigenvalue weighted by Gasteiger charge is -2.16. The molecule has 0 N–H and O–H groups in total. The van der Waals surface area contributed by atoms with Crippen LogP contribution in [0.1, 0.15) is 25.8 Å². The van der Waals surface area contributed by atoms with Crippen LogP contribution in [0.2, 0.25) is 0 Å². The number of aryl methyl sites for hydroxylation is 1. The number of hydrogen-bond acceptors (Lipinski definition) is 3. The van der Waals surface area contributed by atoms with Crippen LogP contribution in [-0.4, -0.2) is 18.7 Å². The van der Waals surface area contributed by atoms with E-state index < -0.39 is 6.10 Å². The van der Waals surface area contributed by atoms with Crippen molar-refractivity contribution in [3.63, 3.8) is 0 Å². The maximum atomic E-state index is 11.8. The van der Waals surface area contributed by atoms with E-state index in [9.17, 15) is 4.79 Å².